The summed E-state index contributed by atoms with van der Waals surface area (Å²) >= 11 is 1.52. The van der Waals surface area contributed by atoms with Crippen molar-refractivity contribution in [3.63, 3.8) is 0 Å². The van der Waals surface area contributed by atoms with E-state index in [9.17, 15) is 4.79 Å². The van der Waals surface area contributed by atoms with Gasteiger partial charge in [-0.2, -0.15) is 17.0 Å². The van der Waals surface area contributed by atoms with Crippen molar-refractivity contribution < 1.29 is 4.79 Å². The summed E-state index contributed by atoms with van der Waals surface area (Å²) in [6.45, 7) is 2.03. The molecule has 0 saturated carbocycles. The van der Waals surface area contributed by atoms with Crippen LogP contribution in [0.15, 0.2) is 24.3 Å². The van der Waals surface area contributed by atoms with Gasteiger partial charge in [0.05, 0.1) is 17.4 Å². The van der Waals surface area contributed by atoms with E-state index < -0.39 is 0 Å². The number of benzene rings is 1. The smallest absolute Gasteiger partial charge is 0.234 e. The Hall–Kier alpha value is -1.51. The van der Waals surface area contributed by atoms with Gasteiger partial charge >= 0.3 is 0 Å². The number of nitriles is 1. The SMILES string of the molecule is CCC(N)CSCC(=O)Nc1cccc(C#N)c1. The molecule has 4 nitrogen and oxygen atoms in total. The predicted octanol–water partition coefficient (Wildman–Crippen LogP) is 1.97. The van der Waals surface area contributed by atoms with E-state index in [-0.39, 0.29) is 11.9 Å². The zero-order chi connectivity index (χ0) is 13.4. The lowest BCUT2D eigenvalue weighted by atomic mass is 10.2. The van der Waals surface area contributed by atoms with Crippen LogP contribution in [0.2, 0.25) is 0 Å². The maximum absolute atomic E-state index is 11.6. The average Bonchev–Trinajstić information content (AvgIpc) is 2.38. The van der Waals surface area contributed by atoms with Crippen molar-refractivity contribution in [2.45, 2.75) is 19.4 Å². The number of carbonyl (C=O) groups excluding carboxylic acids is 1. The standard InChI is InChI=1S/C13H17N3OS/c1-2-11(15)8-18-9-13(17)16-12-5-3-4-10(6-12)7-14/h3-6,11H,2,8-9,15H2,1H3,(H,16,17). The van der Waals surface area contributed by atoms with Crippen LogP contribution in [-0.2, 0) is 4.79 Å². The molecule has 5 heteroatoms. The van der Waals surface area contributed by atoms with Crippen molar-refractivity contribution in [3.8, 4) is 6.07 Å². The summed E-state index contributed by atoms with van der Waals surface area (Å²) in [5.74, 6) is 1.09. The lowest BCUT2D eigenvalue weighted by molar-refractivity contribution is -0.113. The van der Waals surface area contributed by atoms with E-state index in [1.807, 2.05) is 13.0 Å². The molecule has 0 aliphatic rings. The lowest BCUT2D eigenvalue weighted by Crippen LogP contribution is -2.23. The molecule has 0 aliphatic heterocycles. The zero-order valence-corrected chi connectivity index (χ0v) is 11.2. The minimum Gasteiger partial charge on any atom is -0.327 e. The number of rotatable bonds is 6. The number of anilines is 1. The van der Waals surface area contributed by atoms with Crippen LogP contribution >= 0.6 is 11.8 Å². The first-order chi connectivity index (χ1) is 8.65. The summed E-state index contributed by atoms with van der Waals surface area (Å²) in [6.07, 6.45) is 0.916. The van der Waals surface area contributed by atoms with Crippen molar-refractivity contribution in [3.05, 3.63) is 29.8 Å². The number of nitrogens with zero attached hydrogens (tertiary/aromatic N) is 1. The van der Waals surface area contributed by atoms with Crippen molar-refractivity contribution >= 4 is 23.4 Å². The first-order valence-electron chi connectivity index (χ1n) is 5.79. The number of nitrogens with one attached hydrogen (secondary N) is 1. The molecule has 18 heavy (non-hydrogen) atoms. The van der Waals surface area contributed by atoms with Crippen LogP contribution in [0, 0.1) is 11.3 Å². The van der Waals surface area contributed by atoms with Crippen LogP contribution in [-0.4, -0.2) is 23.5 Å². The fourth-order valence-electron chi connectivity index (χ4n) is 1.28. The van der Waals surface area contributed by atoms with Gasteiger partial charge in [0, 0.05) is 17.5 Å². The first-order valence-corrected chi connectivity index (χ1v) is 6.94. The molecule has 3 N–H and O–H groups in total. The molecule has 1 unspecified atom stereocenters. The van der Waals surface area contributed by atoms with Gasteiger partial charge in [0.2, 0.25) is 5.91 Å². The van der Waals surface area contributed by atoms with Gasteiger partial charge < -0.3 is 11.1 Å². The van der Waals surface area contributed by atoms with E-state index in [2.05, 4.69) is 5.32 Å². The molecule has 0 fully saturated rings. The molecule has 0 spiro atoms. The number of carbonyl (C=O) groups is 1. The van der Waals surface area contributed by atoms with Gasteiger partial charge in [-0.05, 0) is 24.6 Å². The van der Waals surface area contributed by atoms with Crippen molar-refractivity contribution in [2.75, 3.05) is 16.8 Å². The maximum Gasteiger partial charge on any atom is 0.234 e. The van der Waals surface area contributed by atoms with E-state index in [1.54, 1.807) is 24.3 Å². The average molecular weight is 263 g/mol. The summed E-state index contributed by atoms with van der Waals surface area (Å²) in [6, 6.07) is 9.04. The Bertz CT molecular complexity index is 442. The molecule has 1 rings (SSSR count). The molecule has 0 aromatic heterocycles. The van der Waals surface area contributed by atoms with Gasteiger partial charge in [-0.1, -0.05) is 13.0 Å². The van der Waals surface area contributed by atoms with Crippen LogP contribution < -0.4 is 11.1 Å². The van der Waals surface area contributed by atoms with Crippen LogP contribution in [0.3, 0.4) is 0 Å². The number of hydrogen-bond donors (Lipinski definition) is 2. The van der Waals surface area contributed by atoms with E-state index in [0.717, 1.165) is 12.2 Å². The van der Waals surface area contributed by atoms with E-state index in [0.29, 0.717) is 17.0 Å². The zero-order valence-electron chi connectivity index (χ0n) is 10.3. The van der Waals surface area contributed by atoms with E-state index >= 15 is 0 Å². The predicted molar refractivity (Wildman–Crippen MR) is 75.4 cm³/mol. The van der Waals surface area contributed by atoms with Gasteiger partial charge in [-0.3, -0.25) is 4.79 Å². The maximum atomic E-state index is 11.6. The fourth-order valence-corrected chi connectivity index (χ4v) is 2.20. The third-order valence-corrected chi connectivity index (χ3v) is 3.50. The summed E-state index contributed by atoms with van der Waals surface area (Å²) < 4.78 is 0. The summed E-state index contributed by atoms with van der Waals surface area (Å²) in [7, 11) is 0. The molecule has 0 radical (unpaired) electrons. The van der Waals surface area contributed by atoms with Gasteiger partial charge in [0.1, 0.15) is 0 Å². The highest BCUT2D eigenvalue weighted by atomic mass is 32.2. The topological polar surface area (TPSA) is 78.9 Å². The molecular weight excluding hydrogens is 246 g/mol. The normalized spacial score (nSPS) is 11.6. The lowest BCUT2D eigenvalue weighted by Gasteiger charge is -2.08. The Balaban J connectivity index is 2.38. The number of thioether (sulfide) groups is 1. The molecule has 1 atom stereocenters. The Morgan fingerprint density at radius 2 is 2.39 bits per heavy atom. The van der Waals surface area contributed by atoms with Crippen LogP contribution in [0.5, 0.6) is 0 Å². The number of nitrogens with two attached hydrogens (primary N) is 1. The van der Waals surface area contributed by atoms with E-state index in [1.165, 1.54) is 11.8 Å². The van der Waals surface area contributed by atoms with Crippen LogP contribution in [0.4, 0.5) is 5.69 Å². The van der Waals surface area contributed by atoms with Crippen molar-refractivity contribution in [2.24, 2.45) is 5.73 Å². The molecule has 0 aliphatic carbocycles. The van der Waals surface area contributed by atoms with Gasteiger partial charge in [-0.15, -0.1) is 0 Å². The molecule has 1 aromatic carbocycles. The molecule has 96 valence electrons. The molecule has 1 amide bonds. The molecular formula is C13H17N3OS. The Morgan fingerprint density at radius 3 is 3.06 bits per heavy atom. The summed E-state index contributed by atoms with van der Waals surface area (Å²) in [5.41, 5.74) is 6.95. The highest BCUT2D eigenvalue weighted by Gasteiger charge is 2.05. The minimum atomic E-state index is -0.0709. The second-order valence-electron chi connectivity index (χ2n) is 3.92. The Morgan fingerprint density at radius 1 is 1.61 bits per heavy atom. The highest BCUT2D eigenvalue weighted by Crippen LogP contribution is 2.11. The minimum absolute atomic E-state index is 0.0709. The second-order valence-corrected chi connectivity index (χ2v) is 4.95. The van der Waals surface area contributed by atoms with Crippen molar-refractivity contribution in [1.29, 1.82) is 5.26 Å². The van der Waals surface area contributed by atoms with Gasteiger partial charge in [0.25, 0.3) is 0 Å². The van der Waals surface area contributed by atoms with Crippen molar-refractivity contribution in [1.82, 2.24) is 0 Å². The number of hydrogen-bond acceptors (Lipinski definition) is 4. The highest BCUT2D eigenvalue weighted by molar-refractivity contribution is 8.00. The molecule has 0 saturated heterocycles. The third kappa shape index (κ3) is 5.21. The van der Waals surface area contributed by atoms with Gasteiger partial charge in [0.15, 0.2) is 0 Å². The second kappa shape index (κ2) is 7.75. The summed E-state index contributed by atoms with van der Waals surface area (Å²) in [4.78, 5) is 11.6. The first kappa shape index (κ1) is 14.6. The third-order valence-electron chi connectivity index (χ3n) is 2.36. The number of amides is 1. The largest absolute Gasteiger partial charge is 0.327 e. The summed E-state index contributed by atoms with van der Waals surface area (Å²) in [5, 5.41) is 11.5. The molecule has 1 aromatic rings. The monoisotopic (exact) mass is 263 g/mol. The Kier molecular flexibility index (Phi) is 6.26. The fraction of sp³-hybridized carbons (Fsp3) is 0.385. The quantitative estimate of drug-likeness (QED) is 0.822. The van der Waals surface area contributed by atoms with Crippen LogP contribution in [0.25, 0.3) is 0 Å². The molecule has 0 bridgehead atoms. The molecule has 0 heterocycles. The Labute approximate surface area is 112 Å². The van der Waals surface area contributed by atoms with E-state index in [4.69, 9.17) is 11.0 Å². The van der Waals surface area contributed by atoms with Gasteiger partial charge in [-0.25, -0.2) is 0 Å². The van der Waals surface area contributed by atoms with Crippen LogP contribution in [0.1, 0.15) is 18.9 Å².